The molecule has 0 amide bonds. The quantitative estimate of drug-likeness (QED) is 0.815. The number of thiazole rings is 1. The van der Waals surface area contributed by atoms with Crippen LogP contribution >= 0.6 is 11.3 Å². The fourth-order valence-electron chi connectivity index (χ4n) is 2.90. The average Bonchev–Trinajstić information content (AvgIpc) is 2.88. The molecule has 19 heavy (non-hydrogen) atoms. The first-order valence-corrected chi connectivity index (χ1v) is 7.40. The number of hydrogen-bond acceptors (Lipinski definition) is 6. The second kappa shape index (κ2) is 5.07. The normalized spacial score (nSPS) is 23.1. The SMILES string of the molecule is O=C(O)CC1(N2CCN(c3nccs3)CC2)CNC1. The molecule has 0 aromatic carbocycles. The van der Waals surface area contributed by atoms with Crippen LogP contribution in [0.25, 0.3) is 0 Å². The summed E-state index contributed by atoms with van der Waals surface area (Å²) in [5.74, 6) is -0.705. The molecule has 2 saturated heterocycles. The van der Waals surface area contributed by atoms with Crippen LogP contribution in [-0.2, 0) is 4.79 Å². The topological polar surface area (TPSA) is 68.7 Å². The van der Waals surface area contributed by atoms with Gasteiger partial charge in [-0.2, -0.15) is 0 Å². The van der Waals surface area contributed by atoms with E-state index >= 15 is 0 Å². The molecular weight excluding hydrogens is 264 g/mol. The smallest absolute Gasteiger partial charge is 0.305 e. The van der Waals surface area contributed by atoms with Gasteiger partial charge in [-0.1, -0.05) is 0 Å². The zero-order valence-electron chi connectivity index (χ0n) is 10.7. The zero-order valence-corrected chi connectivity index (χ0v) is 11.5. The Bertz CT molecular complexity index is 439. The number of aromatic nitrogens is 1. The summed E-state index contributed by atoms with van der Waals surface area (Å²) in [6.07, 6.45) is 2.06. The van der Waals surface area contributed by atoms with Crippen LogP contribution in [0, 0.1) is 0 Å². The maximum absolute atomic E-state index is 11.0. The fourth-order valence-corrected chi connectivity index (χ4v) is 3.60. The number of nitrogens with one attached hydrogen (secondary N) is 1. The fraction of sp³-hybridized carbons (Fsp3) is 0.667. The van der Waals surface area contributed by atoms with Crippen LogP contribution in [0.4, 0.5) is 5.13 Å². The Morgan fingerprint density at radius 3 is 2.63 bits per heavy atom. The summed E-state index contributed by atoms with van der Waals surface area (Å²) >= 11 is 1.66. The highest BCUT2D eigenvalue weighted by atomic mass is 32.1. The van der Waals surface area contributed by atoms with Gasteiger partial charge in [-0.25, -0.2) is 4.98 Å². The molecule has 0 unspecified atom stereocenters. The van der Waals surface area contributed by atoms with Crippen LogP contribution in [0.2, 0.25) is 0 Å². The lowest BCUT2D eigenvalue weighted by molar-refractivity contribution is -0.142. The molecule has 0 aliphatic carbocycles. The summed E-state index contributed by atoms with van der Waals surface area (Å²) < 4.78 is 0. The van der Waals surface area contributed by atoms with Crippen LogP contribution in [0.15, 0.2) is 11.6 Å². The maximum atomic E-state index is 11.0. The van der Waals surface area contributed by atoms with E-state index in [0.717, 1.165) is 44.4 Å². The number of nitrogens with zero attached hydrogens (tertiary/aromatic N) is 3. The highest BCUT2D eigenvalue weighted by Gasteiger charge is 2.45. The lowest BCUT2D eigenvalue weighted by Gasteiger charge is -2.52. The second-order valence-electron chi connectivity index (χ2n) is 5.19. The Kier molecular flexibility index (Phi) is 3.42. The summed E-state index contributed by atoms with van der Waals surface area (Å²) in [7, 11) is 0. The standard InChI is InChI=1S/C12H18N4O2S/c17-10(18)7-12(8-13-9-12)16-4-2-15(3-5-16)11-14-1-6-19-11/h1,6,13H,2-5,7-9H2,(H,17,18). The van der Waals surface area contributed by atoms with Crippen molar-refractivity contribution in [1.29, 1.82) is 0 Å². The summed E-state index contributed by atoms with van der Waals surface area (Å²) in [6.45, 7) is 5.25. The third-order valence-electron chi connectivity index (χ3n) is 4.03. The monoisotopic (exact) mass is 282 g/mol. The number of anilines is 1. The van der Waals surface area contributed by atoms with Gasteiger partial charge in [0.05, 0.1) is 12.0 Å². The second-order valence-corrected chi connectivity index (χ2v) is 6.06. The van der Waals surface area contributed by atoms with Crippen molar-refractivity contribution in [2.75, 3.05) is 44.2 Å². The van der Waals surface area contributed by atoms with E-state index in [4.69, 9.17) is 5.11 Å². The molecule has 0 bridgehead atoms. The zero-order chi connectivity index (χ0) is 13.3. The minimum absolute atomic E-state index is 0.166. The predicted molar refractivity (Wildman–Crippen MR) is 73.8 cm³/mol. The average molecular weight is 282 g/mol. The third-order valence-corrected chi connectivity index (χ3v) is 4.86. The van der Waals surface area contributed by atoms with Gasteiger partial charge in [-0.3, -0.25) is 9.69 Å². The van der Waals surface area contributed by atoms with Gasteiger partial charge in [0, 0.05) is 50.8 Å². The van der Waals surface area contributed by atoms with E-state index in [9.17, 15) is 4.79 Å². The summed E-state index contributed by atoms with van der Waals surface area (Å²) in [4.78, 5) is 20.0. The molecule has 2 fully saturated rings. The van der Waals surface area contributed by atoms with Gasteiger partial charge in [0.2, 0.25) is 0 Å². The maximum Gasteiger partial charge on any atom is 0.305 e. The van der Waals surface area contributed by atoms with Gasteiger partial charge < -0.3 is 15.3 Å². The van der Waals surface area contributed by atoms with E-state index < -0.39 is 5.97 Å². The molecule has 1 aromatic rings. The van der Waals surface area contributed by atoms with Gasteiger partial charge in [0.15, 0.2) is 5.13 Å². The molecule has 0 radical (unpaired) electrons. The van der Waals surface area contributed by atoms with Crippen molar-refractivity contribution in [1.82, 2.24) is 15.2 Å². The molecule has 3 rings (SSSR count). The third kappa shape index (κ3) is 2.45. The van der Waals surface area contributed by atoms with Crippen molar-refractivity contribution in [3.8, 4) is 0 Å². The van der Waals surface area contributed by atoms with Gasteiger partial charge in [-0.15, -0.1) is 11.3 Å². The lowest BCUT2D eigenvalue weighted by Crippen LogP contribution is -2.72. The first-order chi connectivity index (χ1) is 9.20. The van der Waals surface area contributed by atoms with Gasteiger partial charge >= 0.3 is 5.97 Å². The molecule has 104 valence electrons. The molecular formula is C12H18N4O2S. The van der Waals surface area contributed by atoms with Crippen LogP contribution in [0.1, 0.15) is 6.42 Å². The Labute approximate surface area is 116 Å². The largest absolute Gasteiger partial charge is 0.481 e. The van der Waals surface area contributed by atoms with E-state index in [1.807, 2.05) is 11.6 Å². The number of aliphatic carboxylic acids is 1. The molecule has 3 heterocycles. The van der Waals surface area contributed by atoms with Gasteiger partial charge in [-0.05, 0) is 0 Å². The molecule has 2 aliphatic rings. The molecule has 2 N–H and O–H groups in total. The van der Waals surface area contributed by atoms with Gasteiger partial charge in [0.25, 0.3) is 0 Å². The lowest BCUT2D eigenvalue weighted by atomic mass is 9.86. The number of carboxylic acids is 1. The van der Waals surface area contributed by atoms with Crippen molar-refractivity contribution in [2.45, 2.75) is 12.0 Å². The summed E-state index contributed by atoms with van der Waals surface area (Å²) in [5, 5.41) is 15.3. The van der Waals surface area contributed by atoms with Crippen LogP contribution in [0.3, 0.4) is 0 Å². The van der Waals surface area contributed by atoms with Crippen molar-refractivity contribution < 1.29 is 9.90 Å². The van der Waals surface area contributed by atoms with Crippen LogP contribution < -0.4 is 10.2 Å². The Balaban J connectivity index is 1.61. The van der Waals surface area contributed by atoms with Crippen LogP contribution in [0.5, 0.6) is 0 Å². The highest BCUT2D eigenvalue weighted by molar-refractivity contribution is 7.13. The van der Waals surface area contributed by atoms with E-state index in [0.29, 0.717) is 0 Å². The van der Waals surface area contributed by atoms with Crippen LogP contribution in [-0.4, -0.2) is 65.8 Å². The van der Waals surface area contributed by atoms with Crippen molar-refractivity contribution in [3.05, 3.63) is 11.6 Å². The molecule has 6 nitrogen and oxygen atoms in total. The molecule has 0 atom stereocenters. The predicted octanol–water partition coefficient (Wildman–Crippen LogP) is 0.0818. The van der Waals surface area contributed by atoms with E-state index in [1.165, 1.54) is 0 Å². The molecule has 0 saturated carbocycles. The number of carboxylic acid groups (broad SMARTS) is 1. The van der Waals surface area contributed by atoms with Crippen molar-refractivity contribution >= 4 is 22.4 Å². The molecule has 2 aliphatic heterocycles. The molecule has 7 heteroatoms. The Hall–Kier alpha value is -1.18. The minimum atomic E-state index is -0.705. The minimum Gasteiger partial charge on any atom is -0.481 e. The number of piperazine rings is 1. The number of hydrogen-bond donors (Lipinski definition) is 2. The van der Waals surface area contributed by atoms with E-state index in [-0.39, 0.29) is 12.0 Å². The molecule has 0 spiro atoms. The Morgan fingerprint density at radius 2 is 2.16 bits per heavy atom. The highest BCUT2D eigenvalue weighted by Crippen LogP contribution is 2.28. The molecule has 1 aromatic heterocycles. The van der Waals surface area contributed by atoms with Crippen molar-refractivity contribution in [3.63, 3.8) is 0 Å². The Morgan fingerprint density at radius 1 is 1.42 bits per heavy atom. The first-order valence-electron chi connectivity index (χ1n) is 6.52. The van der Waals surface area contributed by atoms with Gasteiger partial charge in [0.1, 0.15) is 0 Å². The first kappa shape index (κ1) is 12.8. The van der Waals surface area contributed by atoms with Crippen molar-refractivity contribution in [2.24, 2.45) is 0 Å². The summed E-state index contributed by atoms with van der Waals surface area (Å²) in [5.41, 5.74) is -0.166. The van der Waals surface area contributed by atoms with E-state index in [1.54, 1.807) is 11.3 Å². The summed E-state index contributed by atoms with van der Waals surface area (Å²) in [6, 6.07) is 0. The number of rotatable bonds is 4. The number of carbonyl (C=O) groups is 1. The van der Waals surface area contributed by atoms with E-state index in [2.05, 4.69) is 20.1 Å².